The third kappa shape index (κ3) is 2.03. The van der Waals surface area contributed by atoms with Crippen LogP contribution in [-0.4, -0.2) is 23.9 Å². The summed E-state index contributed by atoms with van der Waals surface area (Å²) in [4.78, 5) is 4.52. The zero-order chi connectivity index (χ0) is 13.5. The largest absolute Gasteiger partial charge is 0.497 e. The standard InChI is InChI=1S/C15H16N2O3/c1-18-12-5-4-10-6-11(8-19-13(10)7-12)15-16-14(17-20-15)9-2-3-9/h4-5,7,9,11H,2-3,6,8H2,1H3. The summed E-state index contributed by atoms with van der Waals surface area (Å²) in [7, 11) is 1.66. The third-order valence-electron chi connectivity index (χ3n) is 3.93. The summed E-state index contributed by atoms with van der Waals surface area (Å²) in [5.41, 5.74) is 1.16. The van der Waals surface area contributed by atoms with E-state index in [-0.39, 0.29) is 5.92 Å². The van der Waals surface area contributed by atoms with Crippen LogP contribution in [0.25, 0.3) is 0 Å². The van der Waals surface area contributed by atoms with Crippen molar-refractivity contribution < 1.29 is 14.0 Å². The molecule has 0 bridgehead atoms. The predicted octanol–water partition coefficient (Wildman–Crippen LogP) is 2.67. The number of rotatable bonds is 3. The van der Waals surface area contributed by atoms with E-state index < -0.39 is 0 Å². The van der Waals surface area contributed by atoms with E-state index in [0.717, 1.165) is 29.3 Å². The monoisotopic (exact) mass is 272 g/mol. The van der Waals surface area contributed by atoms with E-state index >= 15 is 0 Å². The minimum Gasteiger partial charge on any atom is -0.497 e. The van der Waals surface area contributed by atoms with E-state index in [9.17, 15) is 0 Å². The molecule has 1 atom stereocenters. The Morgan fingerprint density at radius 1 is 1.25 bits per heavy atom. The molecule has 2 aromatic rings. The van der Waals surface area contributed by atoms with Gasteiger partial charge in [0, 0.05) is 12.0 Å². The zero-order valence-electron chi connectivity index (χ0n) is 11.3. The Balaban J connectivity index is 1.56. The lowest BCUT2D eigenvalue weighted by atomic mass is 9.96. The van der Waals surface area contributed by atoms with Gasteiger partial charge in [-0.15, -0.1) is 0 Å². The molecule has 1 saturated carbocycles. The summed E-state index contributed by atoms with van der Waals surface area (Å²) in [6.45, 7) is 0.576. The first-order chi connectivity index (χ1) is 9.83. The number of ether oxygens (including phenoxy) is 2. The Morgan fingerprint density at radius 3 is 2.95 bits per heavy atom. The molecular formula is C15H16N2O3. The van der Waals surface area contributed by atoms with Gasteiger partial charge in [-0.05, 0) is 30.9 Å². The summed E-state index contributed by atoms with van der Waals surface area (Å²) in [5.74, 6) is 3.94. The number of hydrogen-bond donors (Lipinski definition) is 0. The molecule has 0 spiro atoms. The fourth-order valence-electron chi connectivity index (χ4n) is 2.56. The van der Waals surface area contributed by atoms with Crippen LogP contribution in [0.4, 0.5) is 0 Å². The van der Waals surface area contributed by atoms with Crippen LogP contribution in [0.15, 0.2) is 22.7 Å². The van der Waals surface area contributed by atoms with Crippen LogP contribution in [0, 0.1) is 0 Å². The van der Waals surface area contributed by atoms with Gasteiger partial charge in [-0.3, -0.25) is 0 Å². The zero-order valence-corrected chi connectivity index (χ0v) is 11.3. The summed E-state index contributed by atoms with van der Waals surface area (Å²) in [6, 6.07) is 5.92. The molecule has 0 saturated heterocycles. The van der Waals surface area contributed by atoms with Gasteiger partial charge in [0.25, 0.3) is 0 Å². The second-order valence-corrected chi connectivity index (χ2v) is 5.45. The molecule has 2 heterocycles. The van der Waals surface area contributed by atoms with Crippen molar-refractivity contribution in [2.24, 2.45) is 0 Å². The SMILES string of the molecule is COc1ccc2c(c1)OCC(c1nc(C3CC3)no1)C2. The number of methoxy groups -OCH3 is 1. The molecule has 1 aromatic heterocycles. The molecule has 1 aliphatic heterocycles. The molecule has 104 valence electrons. The van der Waals surface area contributed by atoms with Crippen LogP contribution in [0.1, 0.15) is 42.0 Å². The number of nitrogens with zero attached hydrogens (tertiary/aromatic N) is 2. The van der Waals surface area contributed by atoms with Crippen molar-refractivity contribution in [2.75, 3.05) is 13.7 Å². The summed E-state index contributed by atoms with van der Waals surface area (Å²) < 4.78 is 16.4. The van der Waals surface area contributed by atoms with Gasteiger partial charge in [0.15, 0.2) is 5.82 Å². The Bertz CT molecular complexity index is 634. The van der Waals surface area contributed by atoms with Crippen molar-refractivity contribution in [3.63, 3.8) is 0 Å². The fourth-order valence-corrected chi connectivity index (χ4v) is 2.56. The summed E-state index contributed by atoms with van der Waals surface area (Å²) in [5, 5.41) is 4.08. The quantitative estimate of drug-likeness (QED) is 0.859. The first kappa shape index (κ1) is 11.8. The molecule has 20 heavy (non-hydrogen) atoms. The number of aromatic nitrogens is 2. The fraction of sp³-hybridized carbons (Fsp3) is 0.467. The molecule has 2 aliphatic rings. The topological polar surface area (TPSA) is 57.4 Å². The van der Waals surface area contributed by atoms with Gasteiger partial charge >= 0.3 is 0 Å². The van der Waals surface area contributed by atoms with Gasteiger partial charge in [0.2, 0.25) is 5.89 Å². The van der Waals surface area contributed by atoms with Crippen LogP contribution in [-0.2, 0) is 6.42 Å². The van der Waals surface area contributed by atoms with E-state index in [0.29, 0.717) is 18.4 Å². The van der Waals surface area contributed by atoms with E-state index in [4.69, 9.17) is 14.0 Å². The van der Waals surface area contributed by atoms with Gasteiger partial charge in [-0.1, -0.05) is 11.2 Å². The van der Waals surface area contributed by atoms with Crippen LogP contribution in [0.5, 0.6) is 11.5 Å². The van der Waals surface area contributed by atoms with Crippen molar-refractivity contribution in [3.05, 3.63) is 35.5 Å². The summed E-state index contributed by atoms with van der Waals surface area (Å²) >= 11 is 0. The highest BCUT2D eigenvalue weighted by molar-refractivity contribution is 5.42. The van der Waals surface area contributed by atoms with Crippen LogP contribution in [0.3, 0.4) is 0 Å². The van der Waals surface area contributed by atoms with Crippen LogP contribution < -0.4 is 9.47 Å². The Hall–Kier alpha value is -2.04. The molecule has 0 radical (unpaired) electrons. The molecular weight excluding hydrogens is 256 g/mol. The Morgan fingerprint density at radius 2 is 2.15 bits per heavy atom. The van der Waals surface area contributed by atoms with Crippen molar-refractivity contribution in [1.82, 2.24) is 10.1 Å². The first-order valence-corrected chi connectivity index (χ1v) is 6.96. The highest BCUT2D eigenvalue weighted by atomic mass is 16.5. The maximum atomic E-state index is 5.81. The average molecular weight is 272 g/mol. The maximum Gasteiger partial charge on any atom is 0.233 e. The highest BCUT2D eigenvalue weighted by Gasteiger charge is 2.32. The second kappa shape index (κ2) is 4.51. The molecule has 5 nitrogen and oxygen atoms in total. The molecule has 1 aliphatic carbocycles. The second-order valence-electron chi connectivity index (χ2n) is 5.45. The maximum absolute atomic E-state index is 5.81. The van der Waals surface area contributed by atoms with E-state index in [2.05, 4.69) is 10.1 Å². The minimum absolute atomic E-state index is 0.149. The van der Waals surface area contributed by atoms with E-state index in [1.165, 1.54) is 12.8 Å². The lowest BCUT2D eigenvalue weighted by molar-refractivity contribution is 0.229. The van der Waals surface area contributed by atoms with E-state index in [1.54, 1.807) is 7.11 Å². The van der Waals surface area contributed by atoms with Gasteiger partial charge in [-0.2, -0.15) is 4.98 Å². The predicted molar refractivity (Wildman–Crippen MR) is 71.2 cm³/mol. The first-order valence-electron chi connectivity index (χ1n) is 6.96. The van der Waals surface area contributed by atoms with E-state index in [1.807, 2.05) is 18.2 Å². The van der Waals surface area contributed by atoms with Gasteiger partial charge < -0.3 is 14.0 Å². The smallest absolute Gasteiger partial charge is 0.233 e. The third-order valence-corrected chi connectivity index (χ3v) is 3.93. The number of hydrogen-bond acceptors (Lipinski definition) is 5. The number of benzene rings is 1. The van der Waals surface area contributed by atoms with Crippen molar-refractivity contribution in [2.45, 2.75) is 31.1 Å². The highest BCUT2D eigenvalue weighted by Crippen LogP contribution is 2.39. The lowest BCUT2D eigenvalue weighted by Crippen LogP contribution is -2.19. The van der Waals surface area contributed by atoms with Crippen molar-refractivity contribution in [1.29, 1.82) is 0 Å². The van der Waals surface area contributed by atoms with Crippen LogP contribution >= 0.6 is 0 Å². The molecule has 5 heteroatoms. The van der Waals surface area contributed by atoms with Gasteiger partial charge in [0.1, 0.15) is 18.1 Å². The molecule has 1 unspecified atom stereocenters. The average Bonchev–Trinajstić information content (AvgIpc) is 3.23. The van der Waals surface area contributed by atoms with Crippen molar-refractivity contribution in [3.8, 4) is 11.5 Å². The Labute approximate surface area is 116 Å². The minimum atomic E-state index is 0.149. The summed E-state index contributed by atoms with van der Waals surface area (Å²) in [6.07, 6.45) is 3.23. The van der Waals surface area contributed by atoms with Gasteiger partial charge in [0.05, 0.1) is 13.0 Å². The molecule has 4 rings (SSSR count). The molecule has 0 amide bonds. The molecule has 1 aromatic carbocycles. The Kier molecular flexibility index (Phi) is 2.65. The number of fused-ring (bicyclic) bond motifs is 1. The van der Waals surface area contributed by atoms with Crippen LogP contribution in [0.2, 0.25) is 0 Å². The molecule has 1 fully saturated rings. The molecule has 0 N–H and O–H groups in total. The van der Waals surface area contributed by atoms with Crippen molar-refractivity contribution >= 4 is 0 Å². The van der Waals surface area contributed by atoms with Gasteiger partial charge in [-0.25, -0.2) is 0 Å². The lowest BCUT2D eigenvalue weighted by Gasteiger charge is -2.23. The normalized spacial score (nSPS) is 21.1.